The molecule has 2 heteroatoms. The van der Waals surface area contributed by atoms with Crippen LogP contribution in [-0.2, 0) is 4.79 Å². The van der Waals surface area contributed by atoms with E-state index in [1.807, 2.05) is 13.8 Å². The van der Waals surface area contributed by atoms with Gasteiger partial charge in [0, 0.05) is 5.57 Å². The van der Waals surface area contributed by atoms with Gasteiger partial charge in [-0.1, -0.05) is 17.7 Å². The summed E-state index contributed by atoms with van der Waals surface area (Å²) in [6, 6.07) is 0. The lowest BCUT2D eigenvalue weighted by Gasteiger charge is -2.24. The van der Waals surface area contributed by atoms with Crippen LogP contribution in [0.5, 0.6) is 0 Å². The van der Waals surface area contributed by atoms with Crippen LogP contribution in [0.4, 0.5) is 0 Å². The third kappa shape index (κ3) is 2.20. The molecule has 0 amide bonds. The molecule has 0 radical (unpaired) electrons. The molecule has 0 bridgehead atoms. The maximum atomic E-state index is 10.8. The maximum absolute atomic E-state index is 10.8. The average Bonchev–Trinajstić information content (AvgIpc) is 2.03. The molecule has 0 aliphatic heterocycles. The summed E-state index contributed by atoms with van der Waals surface area (Å²) in [5.74, 6) is -0.263. The highest BCUT2D eigenvalue weighted by atomic mass is 16.4. The highest BCUT2D eigenvalue weighted by molar-refractivity contribution is 5.87. The van der Waals surface area contributed by atoms with Gasteiger partial charge in [-0.15, -0.1) is 0 Å². The van der Waals surface area contributed by atoms with Crippen LogP contribution in [0.25, 0.3) is 0 Å². The van der Waals surface area contributed by atoms with Gasteiger partial charge in [0.25, 0.3) is 0 Å². The SMILES string of the molecule is C=C(C)[C@H]1CCC(C(=O)O)=C(C)C1. The topological polar surface area (TPSA) is 37.3 Å². The molecule has 0 unspecified atom stereocenters. The molecule has 0 heterocycles. The van der Waals surface area contributed by atoms with Crippen LogP contribution in [0, 0.1) is 5.92 Å². The summed E-state index contributed by atoms with van der Waals surface area (Å²) >= 11 is 0. The molecular weight excluding hydrogens is 164 g/mol. The lowest BCUT2D eigenvalue weighted by molar-refractivity contribution is -0.133. The second-order valence-electron chi connectivity index (χ2n) is 3.85. The third-order valence-electron chi connectivity index (χ3n) is 2.77. The maximum Gasteiger partial charge on any atom is 0.331 e. The summed E-state index contributed by atoms with van der Waals surface area (Å²) in [5.41, 5.74) is 2.80. The first kappa shape index (κ1) is 10.0. The predicted octanol–water partition coefficient (Wildman–Crippen LogP) is 2.76. The number of hydrogen-bond donors (Lipinski definition) is 1. The van der Waals surface area contributed by atoms with E-state index in [0.29, 0.717) is 17.9 Å². The minimum Gasteiger partial charge on any atom is -0.478 e. The van der Waals surface area contributed by atoms with E-state index < -0.39 is 5.97 Å². The number of carboxylic acid groups (broad SMARTS) is 1. The van der Waals surface area contributed by atoms with Gasteiger partial charge in [0.2, 0.25) is 0 Å². The summed E-state index contributed by atoms with van der Waals surface area (Å²) in [4.78, 5) is 10.8. The van der Waals surface area contributed by atoms with E-state index in [2.05, 4.69) is 6.58 Å². The van der Waals surface area contributed by atoms with Crippen molar-refractivity contribution >= 4 is 5.97 Å². The predicted molar refractivity (Wildman–Crippen MR) is 52.5 cm³/mol. The van der Waals surface area contributed by atoms with Gasteiger partial charge in [0.1, 0.15) is 0 Å². The van der Waals surface area contributed by atoms with Crippen molar-refractivity contribution in [2.24, 2.45) is 5.92 Å². The summed E-state index contributed by atoms with van der Waals surface area (Å²) in [6.07, 6.45) is 2.50. The van der Waals surface area contributed by atoms with Crippen LogP contribution >= 0.6 is 0 Å². The molecule has 1 aliphatic rings. The number of allylic oxidation sites excluding steroid dienone is 2. The molecule has 2 nitrogen and oxygen atoms in total. The fraction of sp³-hybridized carbons (Fsp3) is 0.545. The minimum absolute atomic E-state index is 0.489. The second-order valence-corrected chi connectivity index (χ2v) is 3.85. The molecule has 0 aromatic carbocycles. The number of carbonyl (C=O) groups is 1. The number of rotatable bonds is 2. The van der Waals surface area contributed by atoms with Crippen molar-refractivity contribution in [1.29, 1.82) is 0 Å². The summed E-state index contributed by atoms with van der Waals surface area (Å²) < 4.78 is 0. The van der Waals surface area contributed by atoms with Gasteiger partial charge < -0.3 is 5.11 Å². The monoisotopic (exact) mass is 180 g/mol. The summed E-state index contributed by atoms with van der Waals surface area (Å²) in [6.45, 7) is 7.85. The van der Waals surface area contributed by atoms with Crippen LogP contribution in [0.15, 0.2) is 23.3 Å². The molecular formula is C11H16O2. The normalized spacial score (nSPS) is 23.1. The Balaban J connectivity index is 2.78. The van der Waals surface area contributed by atoms with Gasteiger partial charge in [-0.2, -0.15) is 0 Å². The largest absolute Gasteiger partial charge is 0.478 e. The van der Waals surface area contributed by atoms with Gasteiger partial charge in [-0.05, 0) is 39.0 Å². The quantitative estimate of drug-likeness (QED) is 0.663. The molecule has 1 rings (SSSR count). The fourth-order valence-electron chi connectivity index (χ4n) is 1.84. The highest BCUT2D eigenvalue weighted by Gasteiger charge is 2.22. The third-order valence-corrected chi connectivity index (χ3v) is 2.77. The van der Waals surface area contributed by atoms with Crippen LogP contribution in [0.3, 0.4) is 0 Å². The molecule has 1 aliphatic carbocycles. The van der Waals surface area contributed by atoms with E-state index in [9.17, 15) is 4.79 Å². The van der Waals surface area contributed by atoms with Crippen LogP contribution in [0.1, 0.15) is 33.1 Å². The highest BCUT2D eigenvalue weighted by Crippen LogP contribution is 2.32. The van der Waals surface area contributed by atoms with Gasteiger partial charge >= 0.3 is 5.97 Å². The first-order valence-electron chi connectivity index (χ1n) is 4.59. The number of hydrogen-bond acceptors (Lipinski definition) is 1. The summed E-state index contributed by atoms with van der Waals surface area (Å²) in [5, 5.41) is 8.85. The zero-order valence-electron chi connectivity index (χ0n) is 8.26. The average molecular weight is 180 g/mol. The molecule has 0 saturated heterocycles. The molecule has 1 N–H and O–H groups in total. The van der Waals surface area contributed by atoms with E-state index in [1.54, 1.807) is 0 Å². The molecule has 0 saturated carbocycles. The van der Waals surface area contributed by atoms with Crippen LogP contribution < -0.4 is 0 Å². The standard InChI is InChI=1S/C11H16O2/c1-7(2)9-4-5-10(11(12)13)8(3)6-9/h9H,1,4-6H2,2-3H3,(H,12,13)/t9-/m0/s1. The Hall–Kier alpha value is -1.05. The van der Waals surface area contributed by atoms with Crippen molar-refractivity contribution in [3.05, 3.63) is 23.3 Å². The van der Waals surface area contributed by atoms with Gasteiger partial charge in [-0.3, -0.25) is 0 Å². The van der Waals surface area contributed by atoms with Crippen molar-refractivity contribution in [1.82, 2.24) is 0 Å². The van der Waals surface area contributed by atoms with E-state index in [1.165, 1.54) is 5.57 Å². The van der Waals surface area contributed by atoms with Crippen LogP contribution in [0.2, 0.25) is 0 Å². The lowest BCUT2D eigenvalue weighted by atomic mass is 9.81. The zero-order valence-corrected chi connectivity index (χ0v) is 8.26. The lowest BCUT2D eigenvalue weighted by Crippen LogP contribution is -2.14. The first-order chi connectivity index (χ1) is 6.02. The molecule has 72 valence electrons. The Labute approximate surface area is 79.0 Å². The van der Waals surface area contributed by atoms with Gasteiger partial charge in [0.15, 0.2) is 0 Å². The Bertz CT molecular complexity index is 274. The molecule has 1 atom stereocenters. The van der Waals surface area contributed by atoms with E-state index >= 15 is 0 Å². The smallest absolute Gasteiger partial charge is 0.331 e. The molecule has 0 fully saturated rings. The molecule has 13 heavy (non-hydrogen) atoms. The summed E-state index contributed by atoms with van der Waals surface area (Å²) in [7, 11) is 0. The molecule has 0 spiro atoms. The minimum atomic E-state index is -0.752. The van der Waals surface area contributed by atoms with E-state index in [-0.39, 0.29) is 0 Å². The van der Waals surface area contributed by atoms with Crippen molar-refractivity contribution in [2.45, 2.75) is 33.1 Å². The Morgan fingerprint density at radius 3 is 2.62 bits per heavy atom. The second kappa shape index (κ2) is 3.77. The van der Waals surface area contributed by atoms with Crippen molar-refractivity contribution < 1.29 is 9.90 Å². The zero-order chi connectivity index (χ0) is 10.0. The Morgan fingerprint density at radius 1 is 1.62 bits per heavy atom. The fourth-order valence-corrected chi connectivity index (χ4v) is 1.84. The van der Waals surface area contributed by atoms with E-state index in [4.69, 9.17) is 5.11 Å². The molecule has 0 aromatic rings. The van der Waals surface area contributed by atoms with Crippen molar-refractivity contribution in [3.8, 4) is 0 Å². The Morgan fingerprint density at radius 2 is 2.23 bits per heavy atom. The van der Waals surface area contributed by atoms with Crippen LogP contribution in [-0.4, -0.2) is 11.1 Å². The van der Waals surface area contributed by atoms with E-state index in [0.717, 1.165) is 18.4 Å². The first-order valence-corrected chi connectivity index (χ1v) is 4.59. The Kier molecular flexibility index (Phi) is 2.91. The number of aliphatic carboxylic acids is 1. The number of carboxylic acids is 1. The van der Waals surface area contributed by atoms with Gasteiger partial charge in [-0.25, -0.2) is 4.79 Å². The van der Waals surface area contributed by atoms with Gasteiger partial charge in [0.05, 0.1) is 0 Å². The molecule has 0 aromatic heterocycles. The van der Waals surface area contributed by atoms with Crippen molar-refractivity contribution in [3.63, 3.8) is 0 Å². The van der Waals surface area contributed by atoms with Crippen molar-refractivity contribution in [2.75, 3.05) is 0 Å².